The zero-order valence-electron chi connectivity index (χ0n) is 21.6. The number of carbonyl (C=O) groups is 2. The van der Waals surface area contributed by atoms with Crippen molar-refractivity contribution in [2.24, 2.45) is 0 Å². The van der Waals surface area contributed by atoms with Crippen LogP contribution in [0.2, 0.25) is 0 Å². The van der Waals surface area contributed by atoms with Gasteiger partial charge in [-0.05, 0) is 39.7 Å². The number of rotatable bonds is 1. The number of aliphatic hydroxyl groups is 1. The van der Waals surface area contributed by atoms with Crippen molar-refractivity contribution in [2.75, 3.05) is 36.4 Å². The first kappa shape index (κ1) is 29.4. The molecule has 0 spiro atoms. The highest BCUT2D eigenvalue weighted by atomic mass is 19.4. The standard InChI is InChI=1S/C23H26F6N6O5/c1-20(2,3)40-19(37)30-13-11-12(22(24,25)26)16-31-15(13)17-32-33-18(39-17)21(38,23(27,28)29)6-4-5-14(36)34-7-9-35(16)10-8-34/h11,38H,4-10H2,1-3H3,(H,30,37). The molecule has 1 fully saturated rings. The van der Waals surface area contributed by atoms with Crippen LogP contribution in [-0.2, 0) is 21.3 Å². The van der Waals surface area contributed by atoms with E-state index in [1.807, 2.05) is 0 Å². The smallest absolute Gasteiger partial charge is 0.426 e. The average molecular weight is 580 g/mol. The number of nitrogens with one attached hydrogen (secondary N) is 1. The fraction of sp³-hybridized carbons (Fsp3) is 0.609. The fourth-order valence-corrected chi connectivity index (χ4v) is 4.30. The number of aromatic nitrogens is 3. The third-order valence-corrected chi connectivity index (χ3v) is 6.25. The van der Waals surface area contributed by atoms with Gasteiger partial charge < -0.3 is 24.1 Å². The molecule has 1 unspecified atom stereocenters. The van der Waals surface area contributed by atoms with Crippen molar-refractivity contribution in [1.29, 1.82) is 0 Å². The summed E-state index contributed by atoms with van der Waals surface area (Å²) in [6.45, 7) is 4.36. The SMILES string of the molecule is CC(C)(C)OC(=O)Nc1cc(C(F)(F)F)c2nc1-c1nnc(o1)C(O)(C(F)(F)F)CCCC(=O)N1CCN2CC1. The van der Waals surface area contributed by atoms with Crippen molar-refractivity contribution in [1.82, 2.24) is 20.1 Å². The molecule has 3 aliphatic heterocycles. The first-order valence-corrected chi connectivity index (χ1v) is 12.2. The van der Waals surface area contributed by atoms with Crippen molar-refractivity contribution in [2.45, 2.75) is 63.6 Å². The fourth-order valence-electron chi connectivity index (χ4n) is 4.30. The van der Waals surface area contributed by atoms with Gasteiger partial charge in [-0.3, -0.25) is 10.1 Å². The van der Waals surface area contributed by atoms with Crippen LogP contribution < -0.4 is 10.2 Å². The highest BCUT2D eigenvalue weighted by Gasteiger charge is 2.58. The van der Waals surface area contributed by atoms with E-state index in [2.05, 4.69) is 20.5 Å². The summed E-state index contributed by atoms with van der Waals surface area (Å²) in [5.41, 5.74) is -7.18. The molecule has 1 saturated heterocycles. The lowest BCUT2D eigenvalue weighted by Gasteiger charge is -2.36. The lowest BCUT2D eigenvalue weighted by molar-refractivity contribution is -0.277. The summed E-state index contributed by atoms with van der Waals surface area (Å²) < 4.78 is 94.9. The number of pyridine rings is 1. The predicted molar refractivity (Wildman–Crippen MR) is 125 cm³/mol. The molecule has 2 N–H and O–H groups in total. The van der Waals surface area contributed by atoms with E-state index < -0.39 is 82.9 Å². The minimum absolute atomic E-state index is 0.0151. The molecule has 11 nitrogen and oxygen atoms in total. The van der Waals surface area contributed by atoms with E-state index in [9.17, 15) is 41.0 Å². The van der Waals surface area contributed by atoms with Crippen LogP contribution in [0.3, 0.4) is 0 Å². The number of hydrogen-bond acceptors (Lipinski definition) is 9. The molecule has 17 heteroatoms. The van der Waals surface area contributed by atoms with Gasteiger partial charge in [-0.2, -0.15) is 26.3 Å². The predicted octanol–water partition coefficient (Wildman–Crippen LogP) is 4.08. The molecule has 5 heterocycles. The maximum atomic E-state index is 14.2. The van der Waals surface area contributed by atoms with Gasteiger partial charge in [0.1, 0.15) is 17.0 Å². The lowest BCUT2D eigenvalue weighted by Crippen LogP contribution is -2.49. The maximum absolute atomic E-state index is 14.2. The number of anilines is 2. The first-order chi connectivity index (χ1) is 18.4. The van der Waals surface area contributed by atoms with E-state index >= 15 is 0 Å². The van der Waals surface area contributed by atoms with Gasteiger partial charge in [0.05, 0.1) is 5.69 Å². The van der Waals surface area contributed by atoms with Gasteiger partial charge in [-0.25, -0.2) is 9.78 Å². The van der Waals surface area contributed by atoms with Crippen LogP contribution in [0.25, 0.3) is 11.6 Å². The molecule has 3 aliphatic rings. The van der Waals surface area contributed by atoms with Crippen molar-refractivity contribution >= 4 is 23.5 Å². The molecule has 0 saturated carbocycles. The number of nitrogens with zero attached hydrogens (tertiary/aromatic N) is 5. The molecule has 220 valence electrons. The van der Waals surface area contributed by atoms with Gasteiger partial charge in [0.15, 0.2) is 5.69 Å². The number of amides is 2. The Balaban J connectivity index is 1.92. The Labute approximate surface area is 223 Å². The van der Waals surface area contributed by atoms with Gasteiger partial charge in [-0.1, -0.05) is 0 Å². The summed E-state index contributed by atoms with van der Waals surface area (Å²) >= 11 is 0. The Hall–Kier alpha value is -3.63. The topological polar surface area (TPSA) is 134 Å². The number of carbonyl (C=O) groups excluding carboxylic acids is 2. The Morgan fingerprint density at radius 1 is 1.07 bits per heavy atom. The Morgan fingerprint density at radius 3 is 2.27 bits per heavy atom. The van der Waals surface area contributed by atoms with Gasteiger partial charge >= 0.3 is 18.4 Å². The number of hydrogen-bond donors (Lipinski definition) is 2. The first-order valence-electron chi connectivity index (χ1n) is 12.2. The van der Waals surface area contributed by atoms with E-state index in [0.717, 1.165) is 0 Å². The Bertz CT molecular complexity index is 1280. The molecule has 40 heavy (non-hydrogen) atoms. The van der Waals surface area contributed by atoms with Crippen LogP contribution in [0.15, 0.2) is 10.5 Å². The molecule has 0 aromatic carbocycles. The van der Waals surface area contributed by atoms with Gasteiger partial charge in [-0.15, -0.1) is 10.2 Å². The minimum Gasteiger partial charge on any atom is -0.444 e. The molecular weight excluding hydrogens is 554 g/mol. The third kappa shape index (κ3) is 5.93. The van der Waals surface area contributed by atoms with E-state index in [0.29, 0.717) is 6.07 Å². The number of alkyl halides is 6. The zero-order chi connectivity index (χ0) is 29.7. The molecule has 6 bridgehead atoms. The van der Waals surface area contributed by atoms with Gasteiger partial charge in [0, 0.05) is 32.6 Å². The molecule has 5 rings (SSSR count). The average Bonchev–Trinajstić information content (AvgIpc) is 3.31. The lowest BCUT2D eigenvalue weighted by atomic mass is 9.95. The second-order valence-corrected chi connectivity index (χ2v) is 10.4. The van der Waals surface area contributed by atoms with Crippen LogP contribution in [0.1, 0.15) is 51.5 Å². The highest BCUT2D eigenvalue weighted by Crippen LogP contribution is 2.45. The Morgan fingerprint density at radius 2 is 1.70 bits per heavy atom. The normalized spacial score (nSPS) is 20.7. The van der Waals surface area contributed by atoms with Gasteiger partial charge in [0.2, 0.25) is 11.5 Å². The summed E-state index contributed by atoms with van der Waals surface area (Å²) in [5.74, 6) is -3.23. The molecule has 1 atom stereocenters. The van der Waals surface area contributed by atoms with E-state index in [-0.39, 0.29) is 32.6 Å². The quantitative estimate of drug-likeness (QED) is 0.479. The monoisotopic (exact) mass is 580 g/mol. The van der Waals surface area contributed by atoms with Crippen molar-refractivity contribution in [3.8, 4) is 11.6 Å². The summed E-state index contributed by atoms with van der Waals surface area (Å²) in [6, 6.07) is 0.539. The third-order valence-electron chi connectivity index (χ3n) is 6.25. The van der Waals surface area contributed by atoms with E-state index in [1.54, 1.807) is 0 Å². The number of halogens is 6. The minimum atomic E-state index is -5.31. The van der Waals surface area contributed by atoms with Crippen molar-refractivity contribution < 1.29 is 50.2 Å². The Kier molecular flexibility index (Phi) is 7.40. The molecule has 2 aromatic rings. The number of piperazine rings is 1. The van der Waals surface area contributed by atoms with Gasteiger partial charge in [0.25, 0.3) is 11.8 Å². The number of fused-ring (bicyclic) bond motifs is 6. The summed E-state index contributed by atoms with van der Waals surface area (Å²) in [6.07, 6.45) is -13.2. The van der Waals surface area contributed by atoms with Crippen LogP contribution in [0.4, 0.5) is 42.6 Å². The molecular formula is C23H26F6N6O5. The molecule has 0 radical (unpaired) electrons. The zero-order valence-corrected chi connectivity index (χ0v) is 21.6. The van der Waals surface area contributed by atoms with Crippen LogP contribution in [0.5, 0.6) is 0 Å². The highest BCUT2D eigenvalue weighted by molar-refractivity contribution is 5.90. The summed E-state index contributed by atoms with van der Waals surface area (Å²) in [4.78, 5) is 31.7. The van der Waals surface area contributed by atoms with E-state index in [1.165, 1.54) is 30.6 Å². The van der Waals surface area contributed by atoms with Crippen LogP contribution in [0, 0.1) is 0 Å². The summed E-state index contributed by atoms with van der Waals surface area (Å²) in [5, 5.41) is 19.6. The molecule has 2 amide bonds. The van der Waals surface area contributed by atoms with Crippen LogP contribution >= 0.6 is 0 Å². The molecule has 0 aliphatic carbocycles. The van der Waals surface area contributed by atoms with E-state index in [4.69, 9.17) is 9.15 Å². The van der Waals surface area contributed by atoms with Crippen LogP contribution in [-0.4, -0.2) is 75.1 Å². The summed E-state index contributed by atoms with van der Waals surface area (Å²) in [7, 11) is 0. The van der Waals surface area contributed by atoms with Crippen molar-refractivity contribution in [3.63, 3.8) is 0 Å². The van der Waals surface area contributed by atoms with Crippen molar-refractivity contribution in [3.05, 3.63) is 17.5 Å². The molecule has 2 aromatic heterocycles. The second-order valence-electron chi connectivity index (χ2n) is 10.4. The number of ether oxygens (including phenoxy) is 1. The second kappa shape index (κ2) is 10.1. The largest absolute Gasteiger partial charge is 0.444 e. The maximum Gasteiger partial charge on any atom is 0.426 e.